The van der Waals surface area contributed by atoms with Crippen LogP contribution in [0.1, 0.15) is 54.0 Å². The minimum Gasteiger partial charge on any atom is -0.496 e. The summed E-state index contributed by atoms with van der Waals surface area (Å²) in [5, 5.41) is 21.1. The van der Waals surface area contributed by atoms with Crippen molar-refractivity contribution in [2.24, 2.45) is 5.41 Å². The summed E-state index contributed by atoms with van der Waals surface area (Å²) in [5.41, 5.74) is 2.08. The number of amides is 2. The average molecular weight is 505 g/mol. The van der Waals surface area contributed by atoms with Crippen LogP contribution in [-0.4, -0.2) is 61.8 Å². The highest BCUT2D eigenvalue weighted by atomic mass is 16.5. The maximum atomic E-state index is 13.4. The number of aryl methyl sites for hydroxylation is 1. The third-order valence-corrected chi connectivity index (χ3v) is 7.12. The van der Waals surface area contributed by atoms with Crippen molar-refractivity contribution in [2.45, 2.75) is 52.6 Å². The van der Waals surface area contributed by atoms with Gasteiger partial charge in [0, 0.05) is 26.1 Å². The van der Waals surface area contributed by atoms with Gasteiger partial charge in [0.05, 0.1) is 24.7 Å². The standard InChI is InChI=1S/C27H32N6O4/c1-27(2,16-34)26(36)32-12-10-17-14-21(37-3)19(13-18(17)15-32)25(35)29-22-8-6-7-20(28-22)24-31-30-23-9-4-5-11-33(23)24/h6-8,13-14,34H,4-5,9-12,15-16H2,1-3H3,(H,28,29,35). The van der Waals surface area contributed by atoms with Crippen molar-refractivity contribution >= 4 is 17.6 Å². The van der Waals surface area contributed by atoms with Crippen molar-refractivity contribution in [2.75, 3.05) is 25.6 Å². The van der Waals surface area contributed by atoms with Crippen LogP contribution in [0.15, 0.2) is 30.3 Å². The first kappa shape index (κ1) is 24.9. The number of rotatable bonds is 6. The summed E-state index contributed by atoms with van der Waals surface area (Å²) in [4.78, 5) is 32.6. The summed E-state index contributed by atoms with van der Waals surface area (Å²) in [6, 6.07) is 9.08. The molecule has 0 radical (unpaired) electrons. The highest BCUT2D eigenvalue weighted by Gasteiger charge is 2.33. The third kappa shape index (κ3) is 4.81. The zero-order valence-electron chi connectivity index (χ0n) is 21.5. The molecule has 0 atom stereocenters. The summed E-state index contributed by atoms with van der Waals surface area (Å²) in [7, 11) is 1.54. The number of aliphatic hydroxyl groups excluding tert-OH is 1. The zero-order chi connectivity index (χ0) is 26.2. The lowest BCUT2D eigenvalue weighted by atomic mass is 9.90. The number of anilines is 1. The lowest BCUT2D eigenvalue weighted by Crippen LogP contribution is -2.45. The van der Waals surface area contributed by atoms with Crippen LogP contribution in [0.2, 0.25) is 0 Å². The van der Waals surface area contributed by atoms with E-state index >= 15 is 0 Å². The smallest absolute Gasteiger partial charge is 0.260 e. The monoisotopic (exact) mass is 504 g/mol. The molecule has 10 nitrogen and oxygen atoms in total. The Kier molecular flexibility index (Phi) is 6.68. The van der Waals surface area contributed by atoms with Crippen molar-refractivity contribution in [3.63, 3.8) is 0 Å². The fourth-order valence-electron chi connectivity index (χ4n) is 4.91. The topological polar surface area (TPSA) is 122 Å². The van der Waals surface area contributed by atoms with Gasteiger partial charge in [-0.1, -0.05) is 6.07 Å². The number of pyridine rings is 1. The van der Waals surface area contributed by atoms with Crippen LogP contribution >= 0.6 is 0 Å². The molecule has 2 aliphatic rings. The molecule has 2 N–H and O–H groups in total. The van der Waals surface area contributed by atoms with Crippen LogP contribution in [0.3, 0.4) is 0 Å². The van der Waals surface area contributed by atoms with Gasteiger partial charge < -0.3 is 24.6 Å². The van der Waals surface area contributed by atoms with Crippen LogP contribution < -0.4 is 10.1 Å². The van der Waals surface area contributed by atoms with Crippen molar-refractivity contribution in [1.29, 1.82) is 0 Å². The molecular formula is C27H32N6O4. The minimum absolute atomic E-state index is 0.112. The molecule has 194 valence electrons. The van der Waals surface area contributed by atoms with E-state index in [-0.39, 0.29) is 18.4 Å². The molecular weight excluding hydrogens is 472 g/mol. The molecule has 0 unspecified atom stereocenters. The fraction of sp³-hybridized carbons (Fsp3) is 0.444. The summed E-state index contributed by atoms with van der Waals surface area (Å²) < 4.78 is 7.64. The van der Waals surface area contributed by atoms with Crippen LogP contribution in [0.4, 0.5) is 5.82 Å². The number of carbonyl (C=O) groups excluding carboxylic acids is 2. The van der Waals surface area contributed by atoms with E-state index in [4.69, 9.17) is 4.74 Å². The lowest BCUT2D eigenvalue weighted by molar-refractivity contribution is -0.143. The molecule has 0 aliphatic carbocycles. The van der Waals surface area contributed by atoms with E-state index in [1.165, 1.54) is 7.11 Å². The molecule has 4 heterocycles. The molecule has 0 saturated carbocycles. The number of benzene rings is 1. The Morgan fingerprint density at radius 1 is 1.11 bits per heavy atom. The van der Waals surface area contributed by atoms with E-state index in [1.807, 2.05) is 18.2 Å². The Morgan fingerprint density at radius 3 is 2.73 bits per heavy atom. The number of hydrogen-bond donors (Lipinski definition) is 2. The Labute approximate surface area is 215 Å². The Balaban J connectivity index is 1.39. The van der Waals surface area contributed by atoms with Gasteiger partial charge in [-0.05, 0) is 68.5 Å². The number of nitrogens with one attached hydrogen (secondary N) is 1. The molecule has 2 aliphatic heterocycles. The van der Waals surface area contributed by atoms with Gasteiger partial charge in [0.25, 0.3) is 5.91 Å². The Bertz CT molecular complexity index is 1350. The summed E-state index contributed by atoms with van der Waals surface area (Å²) >= 11 is 0. The van der Waals surface area contributed by atoms with Gasteiger partial charge >= 0.3 is 0 Å². The number of aromatic nitrogens is 4. The molecule has 0 spiro atoms. The molecule has 0 bridgehead atoms. The quantitative estimate of drug-likeness (QED) is 0.529. The first-order valence-corrected chi connectivity index (χ1v) is 12.6. The maximum absolute atomic E-state index is 13.4. The number of fused-ring (bicyclic) bond motifs is 2. The van der Waals surface area contributed by atoms with Gasteiger partial charge in [-0.15, -0.1) is 10.2 Å². The SMILES string of the molecule is COc1cc2c(cc1C(=O)Nc1cccc(-c3nnc4n3CCCC4)n1)CN(C(=O)C(C)(C)CO)CC2. The van der Waals surface area contributed by atoms with E-state index in [0.717, 1.165) is 42.8 Å². The number of methoxy groups -OCH3 is 1. The second kappa shape index (κ2) is 9.93. The van der Waals surface area contributed by atoms with Crippen molar-refractivity contribution in [3.05, 3.63) is 52.8 Å². The molecule has 5 rings (SSSR count). The lowest BCUT2D eigenvalue weighted by Gasteiger charge is -2.34. The number of carbonyl (C=O) groups is 2. The van der Waals surface area contributed by atoms with E-state index < -0.39 is 5.41 Å². The molecule has 3 aromatic rings. The van der Waals surface area contributed by atoms with Gasteiger partial charge in [-0.2, -0.15) is 0 Å². The van der Waals surface area contributed by atoms with Crippen LogP contribution in [0, 0.1) is 5.41 Å². The van der Waals surface area contributed by atoms with Gasteiger partial charge in [0.15, 0.2) is 5.82 Å². The first-order valence-electron chi connectivity index (χ1n) is 12.6. The normalized spacial score (nSPS) is 15.1. The first-order chi connectivity index (χ1) is 17.8. The number of nitrogens with zero attached hydrogens (tertiary/aromatic N) is 5. The third-order valence-electron chi connectivity index (χ3n) is 7.12. The maximum Gasteiger partial charge on any atom is 0.260 e. The van der Waals surface area contributed by atoms with Crippen molar-refractivity contribution in [3.8, 4) is 17.3 Å². The van der Waals surface area contributed by atoms with Crippen molar-refractivity contribution in [1.82, 2.24) is 24.6 Å². The van der Waals surface area contributed by atoms with Crippen LogP contribution in [0.5, 0.6) is 5.75 Å². The summed E-state index contributed by atoms with van der Waals surface area (Å²) in [6.07, 6.45) is 3.73. The molecule has 37 heavy (non-hydrogen) atoms. The number of ether oxygens (including phenoxy) is 1. The molecule has 2 aromatic heterocycles. The molecule has 1 aromatic carbocycles. The van der Waals surface area contributed by atoms with E-state index in [0.29, 0.717) is 48.2 Å². The van der Waals surface area contributed by atoms with Gasteiger partial charge in [0.2, 0.25) is 5.91 Å². The van der Waals surface area contributed by atoms with Crippen molar-refractivity contribution < 1.29 is 19.4 Å². The second-order valence-electron chi connectivity index (χ2n) is 10.3. The minimum atomic E-state index is -0.857. The predicted octanol–water partition coefficient (Wildman–Crippen LogP) is 2.84. The zero-order valence-corrected chi connectivity index (χ0v) is 21.5. The van der Waals surface area contributed by atoms with Crippen LogP contribution in [-0.2, 0) is 30.7 Å². The van der Waals surface area contributed by atoms with E-state index in [9.17, 15) is 14.7 Å². The highest BCUT2D eigenvalue weighted by Crippen LogP contribution is 2.31. The molecule has 2 amide bonds. The summed E-state index contributed by atoms with van der Waals surface area (Å²) in [6.45, 7) is 5.01. The van der Waals surface area contributed by atoms with Gasteiger partial charge in [-0.25, -0.2) is 4.98 Å². The van der Waals surface area contributed by atoms with E-state index in [2.05, 4.69) is 25.1 Å². The number of aliphatic hydroxyl groups is 1. The number of hydrogen-bond acceptors (Lipinski definition) is 7. The predicted molar refractivity (Wildman–Crippen MR) is 137 cm³/mol. The largest absolute Gasteiger partial charge is 0.496 e. The molecule has 0 saturated heterocycles. The van der Waals surface area contributed by atoms with E-state index in [1.54, 1.807) is 30.9 Å². The Hall–Kier alpha value is -3.79. The summed E-state index contributed by atoms with van der Waals surface area (Å²) in [5.74, 6) is 2.07. The second-order valence-corrected chi connectivity index (χ2v) is 10.3. The fourth-order valence-corrected chi connectivity index (χ4v) is 4.91. The van der Waals surface area contributed by atoms with Gasteiger partial charge in [0.1, 0.15) is 23.1 Å². The highest BCUT2D eigenvalue weighted by molar-refractivity contribution is 6.06. The molecule has 0 fully saturated rings. The van der Waals surface area contributed by atoms with Gasteiger partial charge in [-0.3, -0.25) is 9.59 Å². The van der Waals surface area contributed by atoms with Crippen LogP contribution in [0.25, 0.3) is 11.5 Å². The molecule has 10 heteroatoms. The average Bonchev–Trinajstić information content (AvgIpc) is 3.36. The Morgan fingerprint density at radius 2 is 1.95 bits per heavy atom.